The van der Waals surface area contributed by atoms with Crippen LogP contribution in [0.15, 0.2) is 97.3 Å². The number of hydrogen-bond acceptors (Lipinski definition) is 3. The number of nitrogens with zero attached hydrogens (tertiary/aromatic N) is 2. The van der Waals surface area contributed by atoms with E-state index in [1.165, 1.54) is 14.5 Å². The average molecular weight is 402 g/mol. The maximum atomic E-state index is 4.34. The number of rotatable bonds is 5. The minimum absolute atomic E-state index is 0.184. The predicted octanol–water partition coefficient (Wildman–Crippen LogP) is 3.54. The van der Waals surface area contributed by atoms with Crippen molar-refractivity contribution in [2.75, 3.05) is 5.32 Å². The molecule has 0 spiro atoms. The predicted molar refractivity (Wildman–Crippen MR) is 109 cm³/mol. The Hall–Kier alpha value is -2.94. The fourth-order valence-corrected chi connectivity index (χ4v) is 4.70. The average Bonchev–Trinajstić information content (AvgIpc) is 2.71. The summed E-state index contributed by atoms with van der Waals surface area (Å²) in [4.78, 5) is 8.68. The van der Waals surface area contributed by atoms with Gasteiger partial charge in [0.25, 0.3) is 0 Å². The maximum absolute atomic E-state index is 4.34. The van der Waals surface area contributed by atoms with Crippen molar-refractivity contribution in [1.29, 1.82) is 0 Å². The summed E-state index contributed by atoms with van der Waals surface area (Å²) in [5.41, 5.74) is 3.42. The molecule has 126 valence electrons. The molecule has 4 aromatic rings. The molecular weight excluding hydrogens is 385 g/mol. The first-order valence-electron chi connectivity index (χ1n) is 8.35. The standard InChI is InChI=1S/C22H17N3Se/c1-3-9-17(10-4-1)19-13-7-14-20(26-18-11-5-2-6-12-18)21(19)25-22-23-15-8-16-24-22/h1-16H,(H,23,24,25). The number of benzene rings is 3. The molecule has 0 radical (unpaired) electrons. The first-order chi connectivity index (χ1) is 12.9. The molecular formula is C22H17N3Se. The monoisotopic (exact) mass is 403 g/mol. The Morgan fingerprint density at radius 2 is 1.35 bits per heavy atom. The molecule has 0 saturated heterocycles. The van der Waals surface area contributed by atoms with E-state index in [1.807, 2.05) is 12.1 Å². The molecule has 0 aliphatic carbocycles. The third-order valence-electron chi connectivity index (χ3n) is 3.88. The van der Waals surface area contributed by atoms with Crippen LogP contribution in [0.5, 0.6) is 0 Å². The van der Waals surface area contributed by atoms with E-state index < -0.39 is 0 Å². The van der Waals surface area contributed by atoms with E-state index >= 15 is 0 Å². The van der Waals surface area contributed by atoms with Crippen LogP contribution in [0.25, 0.3) is 11.1 Å². The zero-order chi connectivity index (χ0) is 17.6. The van der Waals surface area contributed by atoms with Gasteiger partial charge in [0.05, 0.1) is 0 Å². The van der Waals surface area contributed by atoms with E-state index in [2.05, 4.69) is 88.1 Å². The fraction of sp³-hybridized carbons (Fsp3) is 0. The van der Waals surface area contributed by atoms with Crippen LogP contribution in [-0.4, -0.2) is 24.9 Å². The molecule has 0 fully saturated rings. The van der Waals surface area contributed by atoms with Crippen LogP contribution >= 0.6 is 0 Å². The minimum atomic E-state index is 0.184. The molecule has 0 atom stereocenters. The molecule has 4 rings (SSSR count). The quantitative estimate of drug-likeness (QED) is 0.519. The number of nitrogens with one attached hydrogen (secondary N) is 1. The number of anilines is 2. The molecule has 0 amide bonds. The van der Waals surface area contributed by atoms with Gasteiger partial charge in [-0.05, 0) is 0 Å². The van der Waals surface area contributed by atoms with Crippen molar-refractivity contribution in [1.82, 2.24) is 9.97 Å². The summed E-state index contributed by atoms with van der Waals surface area (Å²) >= 11 is 0.184. The normalized spacial score (nSPS) is 10.5. The number of aromatic nitrogens is 2. The Morgan fingerprint density at radius 1 is 0.654 bits per heavy atom. The van der Waals surface area contributed by atoms with Gasteiger partial charge in [-0.15, -0.1) is 0 Å². The van der Waals surface area contributed by atoms with E-state index in [-0.39, 0.29) is 15.0 Å². The molecule has 1 aromatic heterocycles. The Balaban J connectivity index is 1.80. The van der Waals surface area contributed by atoms with E-state index in [1.54, 1.807) is 12.4 Å². The Bertz CT molecular complexity index is 974. The summed E-state index contributed by atoms with van der Waals surface area (Å²) in [5, 5.41) is 3.45. The van der Waals surface area contributed by atoms with Gasteiger partial charge in [-0.1, -0.05) is 0 Å². The molecule has 0 unspecified atom stereocenters. The Labute approximate surface area is 159 Å². The second-order valence-electron chi connectivity index (χ2n) is 5.66. The number of para-hydroxylation sites is 1. The van der Waals surface area contributed by atoms with Crippen molar-refractivity contribution in [3.8, 4) is 11.1 Å². The van der Waals surface area contributed by atoms with Crippen molar-refractivity contribution >= 4 is 35.5 Å². The molecule has 4 heteroatoms. The van der Waals surface area contributed by atoms with E-state index in [0.29, 0.717) is 5.95 Å². The molecule has 26 heavy (non-hydrogen) atoms. The van der Waals surface area contributed by atoms with Crippen molar-refractivity contribution in [3.05, 3.63) is 97.3 Å². The van der Waals surface area contributed by atoms with Gasteiger partial charge in [0.15, 0.2) is 0 Å². The first-order valence-corrected chi connectivity index (χ1v) is 10.1. The molecule has 0 bridgehead atoms. The zero-order valence-electron chi connectivity index (χ0n) is 14.0. The van der Waals surface area contributed by atoms with Crippen LogP contribution < -0.4 is 14.2 Å². The molecule has 1 heterocycles. The van der Waals surface area contributed by atoms with Crippen molar-refractivity contribution in [2.24, 2.45) is 0 Å². The summed E-state index contributed by atoms with van der Waals surface area (Å²) in [6, 6.07) is 29.3. The summed E-state index contributed by atoms with van der Waals surface area (Å²) in [6.07, 6.45) is 3.50. The van der Waals surface area contributed by atoms with Gasteiger partial charge < -0.3 is 0 Å². The van der Waals surface area contributed by atoms with Gasteiger partial charge in [-0.2, -0.15) is 0 Å². The Morgan fingerprint density at radius 3 is 2.08 bits per heavy atom. The van der Waals surface area contributed by atoms with Gasteiger partial charge in [-0.25, -0.2) is 0 Å². The van der Waals surface area contributed by atoms with Crippen molar-refractivity contribution in [3.63, 3.8) is 0 Å². The van der Waals surface area contributed by atoms with Gasteiger partial charge in [0.1, 0.15) is 0 Å². The Kier molecular flexibility index (Phi) is 5.06. The van der Waals surface area contributed by atoms with Crippen LogP contribution in [-0.2, 0) is 0 Å². The summed E-state index contributed by atoms with van der Waals surface area (Å²) in [7, 11) is 0. The van der Waals surface area contributed by atoms with E-state index in [9.17, 15) is 0 Å². The molecule has 0 aliphatic heterocycles. The molecule has 0 aliphatic rings. The van der Waals surface area contributed by atoms with Crippen LogP contribution in [0.3, 0.4) is 0 Å². The van der Waals surface area contributed by atoms with Gasteiger partial charge >= 0.3 is 159 Å². The van der Waals surface area contributed by atoms with Crippen LogP contribution in [0, 0.1) is 0 Å². The second-order valence-corrected chi connectivity index (χ2v) is 8.00. The zero-order valence-corrected chi connectivity index (χ0v) is 15.8. The van der Waals surface area contributed by atoms with Crippen molar-refractivity contribution in [2.45, 2.75) is 0 Å². The van der Waals surface area contributed by atoms with Crippen molar-refractivity contribution < 1.29 is 0 Å². The third kappa shape index (κ3) is 3.83. The summed E-state index contributed by atoms with van der Waals surface area (Å²) in [6.45, 7) is 0. The van der Waals surface area contributed by atoms with Gasteiger partial charge in [0, 0.05) is 0 Å². The summed E-state index contributed by atoms with van der Waals surface area (Å²) < 4.78 is 2.61. The van der Waals surface area contributed by atoms with Gasteiger partial charge in [-0.3, -0.25) is 0 Å². The van der Waals surface area contributed by atoms with Crippen LogP contribution in [0.2, 0.25) is 0 Å². The molecule has 3 nitrogen and oxygen atoms in total. The van der Waals surface area contributed by atoms with E-state index in [0.717, 1.165) is 11.3 Å². The topological polar surface area (TPSA) is 37.8 Å². The van der Waals surface area contributed by atoms with Crippen LogP contribution in [0.1, 0.15) is 0 Å². The third-order valence-corrected chi connectivity index (χ3v) is 6.13. The number of hydrogen-bond donors (Lipinski definition) is 1. The molecule has 0 saturated carbocycles. The summed E-state index contributed by atoms with van der Waals surface area (Å²) in [5.74, 6) is 0.612. The first kappa shape index (κ1) is 16.5. The fourth-order valence-electron chi connectivity index (χ4n) is 2.69. The van der Waals surface area contributed by atoms with E-state index in [4.69, 9.17) is 0 Å². The van der Waals surface area contributed by atoms with Crippen LogP contribution in [0.4, 0.5) is 11.6 Å². The second kappa shape index (κ2) is 7.96. The molecule has 1 N–H and O–H groups in total. The SMILES string of the molecule is c1ccc([Se]c2cccc(-c3ccccc3)c2Nc2ncccn2)cc1. The van der Waals surface area contributed by atoms with Gasteiger partial charge in [0.2, 0.25) is 0 Å². The molecule has 3 aromatic carbocycles.